The van der Waals surface area contributed by atoms with Gasteiger partial charge in [-0.05, 0) is 18.2 Å². The monoisotopic (exact) mass is 281 g/mol. The van der Waals surface area contributed by atoms with E-state index in [1.165, 1.54) is 12.1 Å². The number of urea groups is 1. The van der Waals surface area contributed by atoms with E-state index >= 15 is 0 Å². The summed E-state index contributed by atoms with van der Waals surface area (Å²) in [6, 6.07) is 4.47. The minimum Gasteiger partial charge on any atom is -0.479 e. The van der Waals surface area contributed by atoms with Crippen LogP contribution in [-0.4, -0.2) is 34.9 Å². The molecule has 0 spiro atoms. The summed E-state index contributed by atoms with van der Waals surface area (Å²) in [7, 11) is 0. The number of aliphatic hydroxyl groups is 1. The summed E-state index contributed by atoms with van der Waals surface area (Å²) < 4.78 is 13.0. The van der Waals surface area contributed by atoms with E-state index in [0.29, 0.717) is 0 Å². The highest BCUT2D eigenvalue weighted by atomic mass is 19.1. The maximum absolute atomic E-state index is 13.0. The molecule has 1 rings (SSSR count). The average molecular weight is 281 g/mol. The number of carboxylic acid groups (broad SMARTS) is 1. The highest BCUT2D eigenvalue weighted by Crippen LogP contribution is 2.13. The molecule has 0 heterocycles. The van der Waals surface area contributed by atoms with Gasteiger partial charge in [-0.25, -0.2) is 14.0 Å². The van der Waals surface area contributed by atoms with Gasteiger partial charge in [0.15, 0.2) is 6.10 Å². The Kier molecular flexibility index (Phi) is 5.43. The predicted octanol–water partition coefficient (Wildman–Crippen LogP) is 0.654. The summed E-state index contributed by atoms with van der Waals surface area (Å²) >= 11 is 0. The first-order valence-electron chi connectivity index (χ1n) is 5.59. The van der Waals surface area contributed by atoms with Crippen molar-refractivity contribution in [2.24, 2.45) is 0 Å². The molecule has 0 fully saturated rings. The van der Waals surface area contributed by atoms with Crippen molar-refractivity contribution >= 4 is 17.7 Å². The molecule has 2 amide bonds. The molecule has 20 heavy (non-hydrogen) atoms. The second-order valence-corrected chi connectivity index (χ2v) is 3.83. The molecule has 0 bridgehead atoms. The fourth-order valence-electron chi connectivity index (χ4n) is 1.31. The van der Waals surface area contributed by atoms with Gasteiger partial charge in [-0.3, -0.25) is 0 Å². The zero-order valence-electron chi connectivity index (χ0n) is 10.3. The van der Waals surface area contributed by atoms with Crippen molar-refractivity contribution in [3.8, 4) is 6.07 Å². The van der Waals surface area contributed by atoms with Crippen molar-refractivity contribution in [1.29, 1.82) is 5.26 Å². The smallest absolute Gasteiger partial charge is 0.332 e. The minimum absolute atomic E-state index is 0.0500. The second kappa shape index (κ2) is 7.06. The number of halogens is 1. The number of nitrogens with one attached hydrogen (secondary N) is 2. The molecule has 0 aliphatic rings. The van der Waals surface area contributed by atoms with Crippen LogP contribution in [0.1, 0.15) is 12.0 Å². The Balaban J connectivity index is 2.47. The summed E-state index contributed by atoms with van der Waals surface area (Å²) in [6.45, 7) is -0.0500. The van der Waals surface area contributed by atoms with Gasteiger partial charge in [0, 0.05) is 18.7 Å². The van der Waals surface area contributed by atoms with Gasteiger partial charge in [0.25, 0.3) is 0 Å². The van der Waals surface area contributed by atoms with Crippen LogP contribution in [0.25, 0.3) is 0 Å². The first kappa shape index (κ1) is 15.4. The lowest BCUT2D eigenvalue weighted by atomic mass is 10.2. The highest BCUT2D eigenvalue weighted by molar-refractivity contribution is 5.89. The molecule has 106 valence electrons. The van der Waals surface area contributed by atoms with Gasteiger partial charge in [-0.15, -0.1) is 0 Å². The van der Waals surface area contributed by atoms with E-state index in [-0.39, 0.29) is 24.2 Å². The number of benzene rings is 1. The van der Waals surface area contributed by atoms with Gasteiger partial charge < -0.3 is 20.8 Å². The van der Waals surface area contributed by atoms with Crippen LogP contribution in [0.3, 0.4) is 0 Å². The summed E-state index contributed by atoms with van der Waals surface area (Å²) in [4.78, 5) is 21.7. The van der Waals surface area contributed by atoms with Crippen LogP contribution in [0.4, 0.5) is 14.9 Å². The Morgan fingerprint density at radius 3 is 2.75 bits per heavy atom. The molecule has 7 nitrogen and oxygen atoms in total. The van der Waals surface area contributed by atoms with Crippen molar-refractivity contribution in [3.63, 3.8) is 0 Å². The van der Waals surface area contributed by atoms with Gasteiger partial charge >= 0.3 is 12.0 Å². The van der Waals surface area contributed by atoms with Crippen molar-refractivity contribution < 1.29 is 24.2 Å². The molecule has 0 aromatic heterocycles. The highest BCUT2D eigenvalue weighted by Gasteiger charge is 2.13. The maximum Gasteiger partial charge on any atom is 0.332 e. The van der Waals surface area contributed by atoms with E-state index in [9.17, 15) is 14.0 Å². The van der Waals surface area contributed by atoms with Crippen LogP contribution in [0, 0.1) is 17.1 Å². The number of carbonyl (C=O) groups excluding carboxylic acids is 1. The third kappa shape index (κ3) is 4.55. The zero-order valence-corrected chi connectivity index (χ0v) is 10.3. The number of anilines is 1. The molecule has 0 radical (unpaired) electrons. The van der Waals surface area contributed by atoms with Crippen molar-refractivity contribution in [3.05, 3.63) is 29.6 Å². The Morgan fingerprint density at radius 1 is 1.45 bits per heavy atom. The molecular weight excluding hydrogens is 269 g/mol. The summed E-state index contributed by atoms with van der Waals surface area (Å²) in [6.07, 6.45) is -1.69. The fourth-order valence-corrected chi connectivity index (χ4v) is 1.31. The lowest BCUT2D eigenvalue weighted by Gasteiger charge is -2.09. The molecule has 0 aliphatic heterocycles. The van der Waals surface area contributed by atoms with Crippen LogP contribution in [0.5, 0.6) is 0 Å². The number of aliphatic carboxylic acids is 1. The van der Waals surface area contributed by atoms with Gasteiger partial charge in [0.1, 0.15) is 11.9 Å². The van der Waals surface area contributed by atoms with E-state index in [4.69, 9.17) is 15.5 Å². The molecular formula is C12H12FN3O4. The number of hydrogen-bond acceptors (Lipinski definition) is 4. The molecule has 4 N–H and O–H groups in total. The standard InChI is InChI=1S/C12H12FN3O4/c13-9-2-1-8(5-7(9)6-14)16-12(20)15-4-3-10(17)11(18)19/h1-2,5,10,17H,3-4H2,(H,18,19)(H2,15,16,20)/t10-/m0/s1. The largest absolute Gasteiger partial charge is 0.479 e. The number of carboxylic acids is 1. The van der Waals surface area contributed by atoms with Crippen LogP contribution in [0.2, 0.25) is 0 Å². The molecule has 0 unspecified atom stereocenters. The first-order chi connectivity index (χ1) is 9.43. The number of aliphatic hydroxyl groups excluding tert-OH is 1. The third-order valence-electron chi connectivity index (χ3n) is 2.33. The van der Waals surface area contributed by atoms with Gasteiger partial charge in [-0.2, -0.15) is 5.26 Å². The quantitative estimate of drug-likeness (QED) is 0.631. The van der Waals surface area contributed by atoms with Crippen molar-refractivity contribution in [1.82, 2.24) is 5.32 Å². The first-order valence-corrected chi connectivity index (χ1v) is 5.59. The molecule has 0 aliphatic carbocycles. The van der Waals surface area contributed by atoms with E-state index < -0.39 is 23.9 Å². The number of nitriles is 1. The number of nitrogens with zero attached hydrogens (tertiary/aromatic N) is 1. The fraction of sp³-hybridized carbons (Fsp3) is 0.250. The SMILES string of the molecule is N#Cc1cc(NC(=O)NCC[C@H](O)C(=O)O)ccc1F. The summed E-state index contributed by atoms with van der Waals surface area (Å²) in [5, 5.41) is 30.7. The maximum atomic E-state index is 13.0. The van der Waals surface area contributed by atoms with Crippen LogP contribution < -0.4 is 10.6 Å². The lowest BCUT2D eigenvalue weighted by molar-refractivity contribution is -0.146. The van der Waals surface area contributed by atoms with E-state index in [2.05, 4.69) is 10.6 Å². The Morgan fingerprint density at radius 2 is 2.15 bits per heavy atom. The van der Waals surface area contributed by atoms with Crippen LogP contribution in [-0.2, 0) is 4.79 Å². The van der Waals surface area contributed by atoms with E-state index in [1.807, 2.05) is 0 Å². The topological polar surface area (TPSA) is 122 Å². The van der Waals surface area contributed by atoms with Crippen LogP contribution in [0.15, 0.2) is 18.2 Å². The molecule has 0 saturated carbocycles. The predicted molar refractivity (Wildman–Crippen MR) is 66.4 cm³/mol. The summed E-state index contributed by atoms with van der Waals surface area (Å²) in [5.41, 5.74) is 0.0170. The Hall–Kier alpha value is -2.66. The minimum atomic E-state index is -1.55. The number of carbonyl (C=O) groups is 2. The average Bonchev–Trinajstić information content (AvgIpc) is 2.40. The van der Waals surface area contributed by atoms with Crippen molar-refractivity contribution in [2.45, 2.75) is 12.5 Å². The molecule has 0 saturated heterocycles. The normalized spacial score (nSPS) is 11.2. The second-order valence-electron chi connectivity index (χ2n) is 3.83. The van der Waals surface area contributed by atoms with Gasteiger partial charge in [0.05, 0.1) is 5.56 Å². The van der Waals surface area contributed by atoms with E-state index in [0.717, 1.165) is 6.07 Å². The molecule has 8 heteroatoms. The van der Waals surface area contributed by atoms with E-state index in [1.54, 1.807) is 6.07 Å². The molecule has 1 aromatic rings. The zero-order chi connectivity index (χ0) is 15.1. The number of hydrogen-bond donors (Lipinski definition) is 4. The molecule has 1 aromatic carbocycles. The lowest BCUT2D eigenvalue weighted by Crippen LogP contribution is -2.33. The Labute approximate surface area is 113 Å². The number of amides is 2. The van der Waals surface area contributed by atoms with Gasteiger partial charge in [0.2, 0.25) is 0 Å². The van der Waals surface area contributed by atoms with Crippen molar-refractivity contribution in [2.75, 3.05) is 11.9 Å². The van der Waals surface area contributed by atoms with Crippen LogP contribution >= 0.6 is 0 Å². The molecule has 1 atom stereocenters. The van der Waals surface area contributed by atoms with Gasteiger partial charge in [-0.1, -0.05) is 0 Å². The number of rotatable bonds is 5. The third-order valence-corrected chi connectivity index (χ3v) is 2.33. The Bertz CT molecular complexity index is 556. The summed E-state index contributed by atoms with van der Waals surface area (Å²) in [5.74, 6) is -2.06.